The van der Waals surface area contributed by atoms with E-state index >= 15 is 0 Å². The van der Waals surface area contributed by atoms with Gasteiger partial charge in [-0.2, -0.15) is 0 Å². The number of ketones is 1. The van der Waals surface area contributed by atoms with Crippen LogP contribution in [0, 0.1) is 5.92 Å². The number of carbonyl (C=O) groups excluding carboxylic acids is 1. The van der Waals surface area contributed by atoms with Crippen molar-refractivity contribution >= 4 is 5.78 Å². The highest BCUT2D eigenvalue weighted by Gasteiger charge is 2.30. The van der Waals surface area contributed by atoms with Gasteiger partial charge in [-0.05, 0) is 25.0 Å². The van der Waals surface area contributed by atoms with Gasteiger partial charge in [-0.25, -0.2) is 0 Å². The summed E-state index contributed by atoms with van der Waals surface area (Å²) in [5.74, 6) is 0.591. The molecule has 1 aliphatic rings. The summed E-state index contributed by atoms with van der Waals surface area (Å²) in [5.41, 5.74) is 1.27. The maximum absolute atomic E-state index is 11.6. The van der Waals surface area contributed by atoms with E-state index in [1.165, 1.54) is 5.56 Å². The van der Waals surface area contributed by atoms with Crippen molar-refractivity contribution in [2.45, 2.75) is 32.7 Å². The molecule has 1 aromatic rings. The van der Waals surface area contributed by atoms with Crippen molar-refractivity contribution in [2.75, 3.05) is 13.1 Å². The Bertz CT molecular complexity index is 377. The Hall–Kier alpha value is -1.22. The first-order chi connectivity index (χ1) is 8.18. The Morgan fingerprint density at radius 3 is 3.00 bits per heavy atom. The lowest BCUT2D eigenvalue weighted by Gasteiger charge is -2.36. The van der Waals surface area contributed by atoms with E-state index in [2.05, 4.69) is 22.9 Å². The molecule has 0 saturated carbocycles. The third kappa shape index (κ3) is 2.91. The second kappa shape index (κ2) is 5.41. The molecule has 0 spiro atoms. The molecule has 1 aliphatic heterocycles. The fourth-order valence-corrected chi connectivity index (χ4v) is 2.40. The summed E-state index contributed by atoms with van der Waals surface area (Å²) in [6.45, 7) is 6.13. The van der Waals surface area contributed by atoms with Crippen LogP contribution in [0.1, 0.15) is 25.8 Å². The first kappa shape index (κ1) is 12.2. The van der Waals surface area contributed by atoms with Crippen molar-refractivity contribution in [3.05, 3.63) is 30.1 Å². The fourth-order valence-electron chi connectivity index (χ4n) is 2.40. The molecular formula is C14H20N2O. The van der Waals surface area contributed by atoms with Gasteiger partial charge in [0.2, 0.25) is 0 Å². The molecule has 0 aliphatic carbocycles. The van der Waals surface area contributed by atoms with Gasteiger partial charge >= 0.3 is 0 Å². The maximum atomic E-state index is 11.6. The number of piperidine rings is 1. The van der Waals surface area contributed by atoms with Gasteiger partial charge in [-0.3, -0.25) is 14.7 Å². The standard InChI is InChI=1S/C14H20N2O/c1-11-12(2)16(9-6-14(11)17)8-5-13-4-3-7-15-10-13/h3-4,7,10-12H,5-6,8-9H2,1-2H3. The second-order valence-corrected chi connectivity index (χ2v) is 4.89. The van der Waals surface area contributed by atoms with Crippen molar-refractivity contribution < 1.29 is 4.79 Å². The lowest BCUT2D eigenvalue weighted by Crippen LogP contribution is -2.47. The van der Waals surface area contributed by atoms with Gasteiger partial charge in [-0.15, -0.1) is 0 Å². The van der Waals surface area contributed by atoms with E-state index in [1.54, 1.807) is 6.20 Å². The Balaban J connectivity index is 1.89. The number of hydrogen-bond acceptors (Lipinski definition) is 3. The molecule has 2 atom stereocenters. The highest BCUT2D eigenvalue weighted by atomic mass is 16.1. The summed E-state index contributed by atoms with van der Waals surface area (Å²) in [4.78, 5) is 18.1. The van der Waals surface area contributed by atoms with Crippen LogP contribution in [0.2, 0.25) is 0 Å². The predicted octanol–water partition coefficient (Wildman–Crippen LogP) is 1.92. The molecule has 3 nitrogen and oxygen atoms in total. The lowest BCUT2D eigenvalue weighted by atomic mass is 9.90. The zero-order chi connectivity index (χ0) is 12.3. The minimum atomic E-state index is 0.178. The molecule has 92 valence electrons. The Morgan fingerprint density at radius 2 is 2.29 bits per heavy atom. The monoisotopic (exact) mass is 232 g/mol. The second-order valence-electron chi connectivity index (χ2n) is 4.89. The molecule has 2 rings (SSSR count). The molecule has 0 radical (unpaired) electrons. The van der Waals surface area contributed by atoms with Crippen LogP contribution in [0.3, 0.4) is 0 Å². The molecule has 3 heteroatoms. The number of likely N-dealkylation sites (tertiary alicyclic amines) is 1. The van der Waals surface area contributed by atoms with Crippen molar-refractivity contribution in [1.29, 1.82) is 0 Å². The Labute approximate surface area is 103 Å². The van der Waals surface area contributed by atoms with Crippen molar-refractivity contribution in [3.63, 3.8) is 0 Å². The fraction of sp³-hybridized carbons (Fsp3) is 0.571. The van der Waals surface area contributed by atoms with Gasteiger partial charge < -0.3 is 0 Å². The van der Waals surface area contributed by atoms with Crippen LogP contribution in [0.4, 0.5) is 0 Å². The summed E-state index contributed by atoms with van der Waals surface area (Å²) in [6, 6.07) is 4.45. The van der Waals surface area contributed by atoms with Crippen LogP contribution < -0.4 is 0 Å². The number of Topliss-reactive ketones (excluding diaryl/α,β-unsaturated/α-hetero) is 1. The van der Waals surface area contributed by atoms with Crippen LogP contribution in [0.25, 0.3) is 0 Å². The molecule has 1 fully saturated rings. The zero-order valence-corrected chi connectivity index (χ0v) is 10.6. The van der Waals surface area contributed by atoms with Gasteiger partial charge in [0.25, 0.3) is 0 Å². The molecule has 2 unspecified atom stereocenters. The van der Waals surface area contributed by atoms with Crippen LogP contribution in [0.5, 0.6) is 0 Å². The Morgan fingerprint density at radius 1 is 1.47 bits per heavy atom. The summed E-state index contributed by atoms with van der Waals surface area (Å²) >= 11 is 0. The van der Waals surface area contributed by atoms with Crippen molar-refractivity contribution in [1.82, 2.24) is 9.88 Å². The van der Waals surface area contributed by atoms with Gasteiger partial charge in [0.15, 0.2) is 0 Å². The number of rotatable bonds is 3. The molecule has 17 heavy (non-hydrogen) atoms. The first-order valence-electron chi connectivity index (χ1n) is 6.34. The molecule has 0 N–H and O–H groups in total. The van der Waals surface area contributed by atoms with Gasteiger partial charge in [0.05, 0.1) is 0 Å². The molecule has 0 amide bonds. The average molecular weight is 232 g/mol. The molecule has 1 saturated heterocycles. The molecule has 0 aromatic carbocycles. The molecule has 1 aromatic heterocycles. The normalized spacial score (nSPS) is 26.1. The van der Waals surface area contributed by atoms with E-state index in [1.807, 2.05) is 19.2 Å². The van der Waals surface area contributed by atoms with Crippen LogP contribution in [0.15, 0.2) is 24.5 Å². The third-order valence-corrected chi connectivity index (χ3v) is 3.86. The van der Waals surface area contributed by atoms with E-state index in [0.29, 0.717) is 18.2 Å². The van der Waals surface area contributed by atoms with Crippen LogP contribution in [-0.2, 0) is 11.2 Å². The number of hydrogen-bond donors (Lipinski definition) is 0. The third-order valence-electron chi connectivity index (χ3n) is 3.86. The first-order valence-corrected chi connectivity index (χ1v) is 6.34. The summed E-state index contributed by atoms with van der Waals surface area (Å²) < 4.78 is 0. The van der Waals surface area contributed by atoms with Crippen LogP contribution in [-0.4, -0.2) is 34.8 Å². The average Bonchev–Trinajstić information content (AvgIpc) is 2.36. The van der Waals surface area contributed by atoms with Crippen LogP contribution >= 0.6 is 0 Å². The quantitative estimate of drug-likeness (QED) is 0.798. The van der Waals surface area contributed by atoms with E-state index in [9.17, 15) is 4.79 Å². The topological polar surface area (TPSA) is 33.2 Å². The molecule has 2 heterocycles. The predicted molar refractivity (Wildman–Crippen MR) is 67.8 cm³/mol. The minimum Gasteiger partial charge on any atom is -0.299 e. The van der Waals surface area contributed by atoms with E-state index in [4.69, 9.17) is 0 Å². The molecular weight excluding hydrogens is 212 g/mol. The molecule has 0 bridgehead atoms. The van der Waals surface area contributed by atoms with E-state index in [-0.39, 0.29) is 5.92 Å². The Kier molecular flexibility index (Phi) is 3.89. The van der Waals surface area contributed by atoms with E-state index in [0.717, 1.165) is 19.5 Å². The number of nitrogens with zero attached hydrogens (tertiary/aromatic N) is 2. The van der Waals surface area contributed by atoms with Gasteiger partial charge in [-0.1, -0.05) is 13.0 Å². The maximum Gasteiger partial charge on any atom is 0.138 e. The lowest BCUT2D eigenvalue weighted by molar-refractivity contribution is -0.127. The van der Waals surface area contributed by atoms with Crippen molar-refractivity contribution in [2.24, 2.45) is 5.92 Å². The summed E-state index contributed by atoms with van der Waals surface area (Å²) in [7, 11) is 0. The van der Waals surface area contributed by atoms with Crippen molar-refractivity contribution in [3.8, 4) is 0 Å². The zero-order valence-electron chi connectivity index (χ0n) is 10.6. The van der Waals surface area contributed by atoms with Gasteiger partial charge in [0, 0.05) is 43.9 Å². The summed E-state index contributed by atoms with van der Waals surface area (Å²) in [5, 5.41) is 0. The summed E-state index contributed by atoms with van der Waals surface area (Å²) in [6.07, 6.45) is 5.44. The number of carbonyl (C=O) groups is 1. The highest BCUT2D eigenvalue weighted by molar-refractivity contribution is 5.82. The number of aromatic nitrogens is 1. The van der Waals surface area contributed by atoms with E-state index < -0.39 is 0 Å². The number of pyridine rings is 1. The smallest absolute Gasteiger partial charge is 0.138 e. The van der Waals surface area contributed by atoms with Gasteiger partial charge in [0.1, 0.15) is 5.78 Å². The SMILES string of the molecule is CC1C(=O)CCN(CCc2cccnc2)C1C. The largest absolute Gasteiger partial charge is 0.299 e. The highest BCUT2D eigenvalue weighted by Crippen LogP contribution is 2.20. The minimum absolute atomic E-state index is 0.178.